The smallest absolute Gasteiger partial charge is 0.344 e. The van der Waals surface area contributed by atoms with Gasteiger partial charge in [0.1, 0.15) is 35.9 Å². The van der Waals surface area contributed by atoms with Gasteiger partial charge in [0.2, 0.25) is 0 Å². The van der Waals surface area contributed by atoms with Crippen molar-refractivity contribution in [2.24, 2.45) is 5.73 Å². The third kappa shape index (κ3) is 3.13. The Hall–Kier alpha value is -1.66. The summed E-state index contributed by atoms with van der Waals surface area (Å²) in [5.41, 5.74) is 11.8. The standard InChI is InChI=1S/C12H19N6O6P/c1-5(13)25(21,22)24-9-8(20)6(2-19)23-12(9)18-4-17-7-10(14)15-3-16-11(7)18/h3-6,8-9,12,19-20H,2,13H2,1H3,(H,21,22)(H2,14,15,16)/t5?,6-,8-,9-,12-/m1/s1. The number of nitrogen functional groups attached to an aromatic ring is 1. The largest absolute Gasteiger partial charge is 0.394 e. The molecule has 0 aromatic carbocycles. The molecule has 1 fully saturated rings. The lowest BCUT2D eigenvalue weighted by Crippen LogP contribution is -2.36. The van der Waals surface area contributed by atoms with Crippen LogP contribution in [-0.4, -0.2) is 65.3 Å². The number of aliphatic hydroxyl groups is 2. The quantitative estimate of drug-likeness (QED) is 0.384. The van der Waals surface area contributed by atoms with Crippen LogP contribution in [0.1, 0.15) is 13.2 Å². The van der Waals surface area contributed by atoms with Crippen LogP contribution < -0.4 is 11.5 Å². The van der Waals surface area contributed by atoms with Crippen LogP contribution in [0.5, 0.6) is 0 Å². The fourth-order valence-corrected chi connectivity index (χ4v) is 3.30. The van der Waals surface area contributed by atoms with E-state index in [2.05, 4.69) is 15.0 Å². The van der Waals surface area contributed by atoms with E-state index in [-0.39, 0.29) is 11.5 Å². The molecule has 2 unspecified atom stereocenters. The lowest BCUT2D eigenvalue weighted by Gasteiger charge is -2.25. The summed E-state index contributed by atoms with van der Waals surface area (Å²) < 4.78 is 24.3. The minimum Gasteiger partial charge on any atom is -0.394 e. The zero-order valence-electron chi connectivity index (χ0n) is 13.2. The first-order valence-corrected chi connectivity index (χ1v) is 9.04. The van der Waals surface area contributed by atoms with E-state index in [1.165, 1.54) is 24.1 Å². The van der Waals surface area contributed by atoms with Crippen LogP contribution in [-0.2, 0) is 13.8 Å². The second kappa shape index (κ2) is 6.57. The number of rotatable bonds is 5. The molecule has 0 amide bonds. The van der Waals surface area contributed by atoms with Crippen molar-refractivity contribution >= 4 is 24.6 Å². The monoisotopic (exact) mass is 374 g/mol. The van der Waals surface area contributed by atoms with Crippen LogP contribution in [0.2, 0.25) is 0 Å². The van der Waals surface area contributed by atoms with Crippen molar-refractivity contribution in [2.45, 2.75) is 37.2 Å². The maximum absolute atomic E-state index is 12.2. The molecular weight excluding hydrogens is 355 g/mol. The number of aliphatic hydroxyl groups excluding tert-OH is 2. The van der Waals surface area contributed by atoms with Gasteiger partial charge in [-0.3, -0.25) is 13.7 Å². The molecule has 13 heteroatoms. The number of hydrogen-bond acceptors (Lipinski definition) is 10. The Kier molecular flexibility index (Phi) is 4.77. The van der Waals surface area contributed by atoms with Gasteiger partial charge in [-0.25, -0.2) is 15.0 Å². The van der Waals surface area contributed by atoms with Crippen molar-refractivity contribution in [2.75, 3.05) is 12.3 Å². The zero-order valence-corrected chi connectivity index (χ0v) is 14.1. The topological polar surface area (TPSA) is 192 Å². The minimum absolute atomic E-state index is 0.141. The number of hydrogen-bond donors (Lipinski definition) is 5. The number of ether oxygens (including phenoxy) is 1. The molecule has 3 heterocycles. The fraction of sp³-hybridized carbons (Fsp3) is 0.583. The van der Waals surface area contributed by atoms with Crippen LogP contribution in [0.4, 0.5) is 5.82 Å². The SMILES string of the molecule is CC(N)P(=O)(O)O[C@@H]1[C@H](O)[C@@H](CO)O[C@H]1n1cnc2c(N)ncnc21. The highest BCUT2D eigenvalue weighted by atomic mass is 31.2. The van der Waals surface area contributed by atoms with Crippen molar-refractivity contribution < 1.29 is 28.9 Å². The Bertz CT molecular complexity index is 814. The molecule has 0 aliphatic carbocycles. The molecule has 2 aromatic rings. The van der Waals surface area contributed by atoms with E-state index in [1.54, 1.807) is 0 Å². The number of aromatic nitrogens is 4. The van der Waals surface area contributed by atoms with Crippen molar-refractivity contribution in [3.63, 3.8) is 0 Å². The van der Waals surface area contributed by atoms with Gasteiger partial charge in [0.15, 0.2) is 17.7 Å². The van der Waals surface area contributed by atoms with Crippen molar-refractivity contribution in [1.29, 1.82) is 0 Å². The van der Waals surface area contributed by atoms with Gasteiger partial charge in [-0.2, -0.15) is 0 Å². The summed E-state index contributed by atoms with van der Waals surface area (Å²) in [6.07, 6.45) is -2.21. The lowest BCUT2D eigenvalue weighted by atomic mass is 10.1. The van der Waals surface area contributed by atoms with Crippen molar-refractivity contribution in [1.82, 2.24) is 19.5 Å². The highest BCUT2D eigenvalue weighted by Gasteiger charge is 2.49. The maximum atomic E-state index is 12.2. The third-order valence-corrected chi connectivity index (χ3v) is 5.52. The molecule has 2 aromatic heterocycles. The molecule has 1 saturated heterocycles. The minimum atomic E-state index is -4.23. The van der Waals surface area contributed by atoms with E-state index < -0.39 is 44.5 Å². The Morgan fingerprint density at radius 2 is 2.20 bits per heavy atom. The van der Waals surface area contributed by atoms with Gasteiger partial charge in [-0.05, 0) is 6.92 Å². The highest BCUT2D eigenvalue weighted by Crippen LogP contribution is 2.50. The summed E-state index contributed by atoms with van der Waals surface area (Å²) in [6.45, 7) is 0.789. The molecule has 12 nitrogen and oxygen atoms in total. The van der Waals surface area contributed by atoms with Crippen LogP contribution in [0.3, 0.4) is 0 Å². The van der Waals surface area contributed by atoms with Gasteiger partial charge in [0.25, 0.3) is 0 Å². The molecule has 25 heavy (non-hydrogen) atoms. The molecular formula is C12H19N6O6P. The number of imidazole rings is 1. The first-order chi connectivity index (χ1) is 11.8. The zero-order chi connectivity index (χ0) is 18.4. The Balaban J connectivity index is 2.02. The van der Waals surface area contributed by atoms with Gasteiger partial charge in [-0.1, -0.05) is 0 Å². The number of fused-ring (bicyclic) bond motifs is 1. The highest BCUT2D eigenvalue weighted by molar-refractivity contribution is 7.53. The Morgan fingerprint density at radius 1 is 1.48 bits per heavy atom. The molecule has 1 aliphatic heterocycles. The van der Waals surface area contributed by atoms with E-state index in [4.69, 9.17) is 20.7 Å². The van der Waals surface area contributed by atoms with Gasteiger partial charge in [-0.15, -0.1) is 0 Å². The number of nitrogens with two attached hydrogens (primary N) is 2. The number of nitrogens with zero attached hydrogens (tertiary/aromatic N) is 4. The molecule has 6 atom stereocenters. The average Bonchev–Trinajstić information content (AvgIpc) is 3.10. The van der Waals surface area contributed by atoms with E-state index >= 15 is 0 Å². The van der Waals surface area contributed by atoms with Gasteiger partial charge >= 0.3 is 7.60 Å². The lowest BCUT2D eigenvalue weighted by molar-refractivity contribution is -0.0494. The molecule has 0 saturated carbocycles. The normalized spacial score (nSPS) is 30.4. The van der Waals surface area contributed by atoms with Crippen molar-refractivity contribution in [3.8, 4) is 0 Å². The molecule has 138 valence electrons. The summed E-state index contributed by atoms with van der Waals surface area (Å²) in [5.74, 6) is -1.03. The fourth-order valence-electron chi connectivity index (χ4n) is 2.53. The first kappa shape index (κ1) is 18.1. The Morgan fingerprint density at radius 3 is 2.84 bits per heavy atom. The van der Waals surface area contributed by atoms with Gasteiger partial charge in [0, 0.05) is 0 Å². The summed E-state index contributed by atoms with van der Waals surface area (Å²) in [6, 6.07) is 0. The van der Waals surface area contributed by atoms with Crippen LogP contribution >= 0.6 is 7.60 Å². The molecule has 3 rings (SSSR count). The number of anilines is 1. The van der Waals surface area contributed by atoms with E-state index in [9.17, 15) is 19.7 Å². The van der Waals surface area contributed by atoms with E-state index in [1.807, 2.05) is 0 Å². The molecule has 0 radical (unpaired) electrons. The Labute approximate surface area is 141 Å². The van der Waals surface area contributed by atoms with Crippen LogP contribution in [0.25, 0.3) is 11.2 Å². The molecule has 1 aliphatic rings. The predicted octanol–water partition coefficient (Wildman–Crippen LogP) is -1.47. The van der Waals surface area contributed by atoms with E-state index in [0.717, 1.165) is 0 Å². The maximum Gasteiger partial charge on any atom is 0.344 e. The average molecular weight is 374 g/mol. The van der Waals surface area contributed by atoms with Crippen LogP contribution in [0, 0.1) is 0 Å². The molecule has 0 bridgehead atoms. The summed E-state index contributed by atoms with van der Waals surface area (Å²) in [5, 5.41) is 19.7. The van der Waals surface area contributed by atoms with Gasteiger partial charge in [0.05, 0.1) is 12.9 Å². The second-order valence-corrected chi connectivity index (χ2v) is 7.85. The molecule has 0 spiro atoms. The first-order valence-electron chi connectivity index (χ1n) is 7.40. The van der Waals surface area contributed by atoms with Gasteiger partial charge < -0.3 is 31.3 Å². The van der Waals surface area contributed by atoms with E-state index in [0.29, 0.717) is 5.52 Å². The summed E-state index contributed by atoms with van der Waals surface area (Å²) >= 11 is 0. The molecule has 7 N–H and O–H groups in total. The van der Waals surface area contributed by atoms with Crippen molar-refractivity contribution in [3.05, 3.63) is 12.7 Å². The second-order valence-electron chi connectivity index (χ2n) is 5.70. The summed E-state index contributed by atoms with van der Waals surface area (Å²) in [7, 11) is -4.23. The summed E-state index contributed by atoms with van der Waals surface area (Å²) in [4.78, 5) is 21.9. The van der Waals surface area contributed by atoms with Crippen LogP contribution in [0.15, 0.2) is 12.7 Å². The third-order valence-electron chi connectivity index (χ3n) is 3.94. The predicted molar refractivity (Wildman–Crippen MR) is 85.1 cm³/mol.